The van der Waals surface area contributed by atoms with Gasteiger partial charge >= 0.3 is 0 Å². The maximum atomic E-state index is 13.1. The maximum Gasteiger partial charge on any atom is 0.269 e. The summed E-state index contributed by atoms with van der Waals surface area (Å²) in [5.74, 6) is -0.123. The monoisotopic (exact) mass is 672 g/mol. The largest absolute Gasteiger partial charge is 0.416 e. The van der Waals surface area contributed by atoms with Crippen molar-refractivity contribution in [2.24, 2.45) is 11.3 Å². The number of halogens is 2. The highest BCUT2D eigenvalue weighted by Crippen LogP contribution is 2.42. The van der Waals surface area contributed by atoms with Crippen LogP contribution >= 0.6 is 27.5 Å². The molecule has 0 fully saturated rings. The minimum absolute atomic E-state index is 0.000683. The first kappa shape index (κ1) is 35.7. The lowest BCUT2D eigenvalue weighted by Crippen LogP contribution is -2.53. The van der Waals surface area contributed by atoms with Crippen LogP contribution in [0.5, 0.6) is 0 Å². The van der Waals surface area contributed by atoms with Crippen LogP contribution in [0.4, 0.5) is 5.69 Å². The van der Waals surface area contributed by atoms with Gasteiger partial charge in [-0.1, -0.05) is 57.5 Å². The van der Waals surface area contributed by atoms with Crippen molar-refractivity contribution in [1.29, 1.82) is 0 Å². The summed E-state index contributed by atoms with van der Waals surface area (Å²) >= 11 is 10.2. The first-order valence-electron chi connectivity index (χ1n) is 12.7. The van der Waals surface area contributed by atoms with Crippen molar-refractivity contribution in [2.75, 3.05) is 31.0 Å². The molecule has 1 aromatic rings. The molecule has 1 N–H and O–H groups in total. The molecule has 1 rings (SSSR count). The van der Waals surface area contributed by atoms with E-state index in [1.54, 1.807) is 0 Å². The highest BCUT2D eigenvalue weighted by Gasteiger charge is 2.46. The number of hydrogen-bond acceptors (Lipinski definition) is 6. The Morgan fingerprint density at radius 1 is 0.974 bits per heavy atom. The van der Waals surface area contributed by atoms with E-state index in [2.05, 4.69) is 88.4 Å². The minimum Gasteiger partial charge on any atom is -0.416 e. The van der Waals surface area contributed by atoms with Crippen molar-refractivity contribution in [3.63, 3.8) is 0 Å². The van der Waals surface area contributed by atoms with Gasteiger partial charge in [-0.25, -0.2) is 13.1 Å². The molecule has 1 aromatic carbocycles. The van der Waals surface area contributed by atoms with Crippen LogP contribution in [0, 0.1) is 21.4 Å². The molecule has 0 bridgehead atoms. The zero-order valence-corrected chi connectivity index (χ0v) is 29.6. The molecular weight excluding hydrogens is 628 g/mol. The zero-order chi connectivity index (χ0) is 29.8. The van der Waals surface area contributed by atoms with Gasteiger partial charge in [-0.3, -0.25) is 10.1 Å². The Hall–Kier alpha value is -0.346. The molecule has 0 amide bonds. The average Bonchev–Trinajstić information content (AvgIpc) is 2.79. The number of sulfonamides is 1. The van der Waals surface area contributed by atoms with Crippen molar-refractivity contribution in [3.8, 4) is 0 Å². The number of benzene rings is 1. The molecule has 13 heteroatoms. The van der Waals surface area contributed by atoms with Crippen LogP contribution in [0.2, 0.25) is 36.3 Å². The van der Waals surface area contributed by atoms with E-state index in [-0.39, 0.29) is 39.0 Å². The summed E-state index contributed by atoms with van der Waals surface area (Å²) in [5.41, 5.74) is -0.767. The van der Waals surface area contributed by atoms with E-state index in [9.17, 15) is 18.5 Å². The fourth-order valence-electron chi connectivity index (χ4n) is 3.02. The van der Waals surface area contributed by atoms with Crippen LogP contribution in [0.1, 0.15) is 41.5 Å². The molecule has 0 aliphatic rings. The molecule has 38 heavy (non-hydrogen) atoms. The van der Waals surface area contributed by atoms with E-state index in [1.807, 2.05) is 0 Å². The smallest absolute Gasteiger partial charge is 0.269 e. The standard InChI is InChI=1S/C25H46BrClN2O6SSi2/c1-23(2,3)37(7,8)34-18-25(17-26,19-35-38(9,10)24(4,5)6)20(15-27)16-28-36(32,33)22-13-11-21(12-14-22)29(30)31/h11-14,20,28H,15-19H2,1-10H3/t20-/m1/s1. The predicted octanol–water partition coefficient (Wildman–Crippen LogP) is 7.15. The van der Waals surface area contributed by atoms with Gasteiger partial charge in [0.1, 0.15) is 0 Å². The van der Waals surface area contributed by atoms with E-state index in [0.717, 1.165) is 0 Å². The van der Waals surface area contributed by atoms with Gasteiger partial charge in [-0.2, -0.15) is 0 Å². The third kappa shape index (κ3) is 9.08. The Bertz CT molecular complexity index is 1010. The first-order valence-corrected chi connectivity index (χ1v) is 21.6. The Balaban J connectivity index is 3.32. The fraction of sp³-hybridized carbons (Fsp3) is 0.760. The highest BCUT2D eigenvalue weighted by atomic mass is 79.9. The van der Waals surface area contributed by atoms with Crippen molar-refractivity contribution >= 4 is 59.9 Å². The Labute approximate surface area is 245 Å². The van der Waals surface area contributed by atoms with Gasteiger partial charge in [0.25, 0.3) is 5.69 Å². The van der Waals surface area contributed by atoms with Gasteiger partial charge in [0, 0.05) is 48.5 Å². The number of hydrogen-bond donors (Lipinski definition) is 1. The van der Waals surface area contributed by atoms with Gasteiger partial charge in [0.05, 0.1) is 9.82 Å². The van der Waals surface area contributed by atoms with E-state index >= 15 is 0 Å². The number of nitro benzene ring substituents is 1. The van der Waals surface area contributed by atoms with Gasteiger partial charge in [0.2, 0.25) is 10.0 Å². The number of rotatable bonds is 14. The lowest BCUT2D eigenvalue weighted by atomic mass is 9.79. The molecule has 0 aliphatic carbocycles. The summed E-state index contributed by atoms with van der Waals surface area (Å²) in [5, 5.41) is 11.5. The molecule has 0 heterocycles. The second-order valence-electron chi connectivity index (χ2n) is 13.0. The van der Waals surface area contributed by atoms with Crippen LogP contribution in [-0.2, 0) is 18.9 Å². The molecule has 0 spiro atoms. The summed E-state index contributed by atoms with van der Waals surface area (Å²) < 4.78 is 42.2. The van der Waals surface area contributed by atoms with Crippen LogP contribution in [0.3, 0.4) is 0 Å². The SMILES string of the molecule is CC(C)(C)[Si](C)(C)OCC(CBr)(CO[Si](C)(C)C(C)(C)C)[C@H](CCl)CNS(=O)(=O)c1ccc([N+](=O)[O-])cc1. The molecule has 8 nitrogen and oxygen atoms in total. The van der Waals surface area contributed by atoms with Crippen LogP contribution in [0.25, 0.3) is 0 Å². The van der Waals surface area contributed by atoms with Crippen LogP contribution in [0.15, 0.2) is 29.2 Å². The summed E-state index contributed by atoms with van der Waals surface area (Å²) in [4.78, 5) is 10.3. The normalized spacial score (nSPS) is 14.9. The lowest BCUT2D eigenvalue weighted by Gasteiger charge is -2.46. The summed E-state index contributed by atoms with van der Waals surface area (Å²) in [6.45, 7) is 22.6. The van der Waals surface area contributed by atoms with Crippen molar-refractivity contribution < 1.29 is 22.2 Å². The molecular formula is C25H46BrClN2O6SSi2. The molecule has 0 aromatic heterocycles. The lowest BCUT2D eigenvalue weighted by molar-refractivity contribution is -0.384. The van der Waals surface area contributed by atoms with E-state index in [0.29, 0.717) is 18.5 Å². The van der Waals surface area contributed by atoms with Gasteiger partial charge in [-0.15, -0.1) is 11.6 Å². The third-order valence-corrected chi connectivity index (χ3v) is 20.1. The molecule has 1 atom stereocenters. The summed E-state index contributed by atoms with van der Waals surface area (Å²) in [6, 6.07) is 4.82. The Morgan fingerprint density at radius 3 is 1.71 bits per heavy atom. The molecule has 220 valence electrons. The maximum absolute atomic E-state index is 13.1. The quantitative estimate of drug-likeness (QED) is 0.0973. The average molecular weight is 674 g/mol. The van der Waals surface area contributed by atoms with Gasteiger partial charge in [0.15, 0.2) is 16.6 Å². The summed E-state index contributed by atoms with van der Waals surface area (Å²) in [6.07, 6.45) is 0. The van der Waals surface area contributed by atoms with Crippen molar-refractivity contribution in [1.82, 2.24) is 4.72 Å². The fourth-order valence-corrected chi connectivity index (χ4v) is 7.48. The second kappa shape index (κ2) is 13.1. The number of nitro groups is 1. The second-order valence-corrected chi connectivity index (χ2v) is 25.3. The highest BCUT2D eigenvalue weighted by molar-refractivity contribution is 9.09. The number of non-ortho nitro benzene ring substituents is 1. The molecule has 0 radical (unpaired) electrons. The number of nitrogens with one attached hydrogen (secondary N) is 1. The third-order valence-electron chi connectivity index (χ3n) is 8.25. The van der Waals surface area contributed by atoms with E-state index in [4.69, 9.17) is 20.5 Å². The number of alkyl halides is 2. The van der Waals surface area contributed by atoms with E-state index < -0.39 is 37.0 Å². The molecule has 0 aliphatic heterocycles. The number of nitrogens with zero attached hydrogens (tertiary/aromatic N) is 1. The van der Waals surface area contributed by atoms with Crippen LogP contribution < -0.4 is 4.72 Å². The van der Waals surface area contributed by atoms with Gasteiger partial charge in [-0.05, 0) is 54.3 Å². The molecule has 0 saturated carbocycles. The van der Waals surface area contributed by atoms with Crippen molar-refractivity contribution in [2.45, 2.75) is 82.7 Å². The van der Waals surface area contributed by atoms with E-state index in [1.165, 1.54) is 24.3 Å². The first-order chi connectivity index (χ1) is 17.1. The van der Waals surface area contributed by atoms with Crippen molar-refractivity contribution in [3.05, 3.63) is 34.4 Å². The minimum atomic E-state index is -3.92. The van der Waals surface area contributed by atoms with Crippen LogP contribution in [-0.4, -0.2) is 60.9 Å². The predicted molar refractivity (Wildman–Crippen MR) is 165 cm³/mol. The zero-order valence-electron chi connectivity index (χ0n) is 24.5. The Kier molecular flexibility index (Phi) is 12.3. The topological polar surface area (TPSA) is 108 Å². The summed E-state index contributed by atoms with van der Waals surface area (Å²) in [7, 11) is -8.18. The molecule has 0 unspecified atom stereocenters. The Morgan fingerprint density at radius 2 is 1.39 bits per heavy atom. The molecule has 0 saturated heterocycles. The van der Waals surface area contributed by atoms with Gasteiger partial charge < -0.3 is 8.85 Å².